The van der Waals surface area contributed by atoms with Crippen LogP contribution in [0.2, 0.25) is 0 Å². The predicted octanol–water partition coefficient (Wildman–Crippen LogP) is 4.83. The molecule has 7 nitrogen and oxygen atoms in total. The topological polar surface area (TPSA) is 113 Å². The summed E-state index contributed by atoms with van der Waals surface area (Å²) in [4.78, 5) is 37.0. The van der Waals surface area contributed by atoms with Crippen molar-refractivity contribution in [3.05, 3.63) is 89.2 Å². The second kappa shape index (κ2) is 11.3. The first-order valence-corrected chi connectivity index (χ1v) is 11.8. The fourth-order valence-electron chi connectivity index (χ4n) is 3.95. The zero-order valence-corrected chi connectivity index (χ0v) is 19.6. The molecule has 1 heterocycles. The summed E-state index contributed by atoms with van der Waals surface area (Å²) < 4.78 is 13.7. The molecule has 4 rings (SSSR count). The molecule has 0 spiro atoms. The van der Waals surface area contributed by atoms with Gasteiger partial charge in [0.15, 0.2) is 0 Å². The number of hydrogen-bond acceptors (Lipinski definition) is 4. The van der Waals surface area contributed by atoms with E-state index in [0.717, 1.165) is 12.8 Å². The van der Waals surface area contributed by atoms with Gasteiger partial charge in [-0.2, -0.15) is 0 Å². The number of rotatable bonds is 9. The first-order chi connectivity index (χ1) is 17.4. The Kier molecular flexibility index (Phi) is 7.75. The van der Waals surface area contributed by atoms with Crippen LogP contribution in [0.15, 0.2) is 66.7 Å². The van der Waals surface area contributed by atoms with E-state index in [-0.39, 0.29) is 17.7 Å². The van der Waals surface area contributed by atoms with Crippen LogP contribution in [0, 0.1) is 5.82 Å². The largest absolute Gasteiger partial charge is 0.397 e. The number of halogens is 1. The number of carbonyl (C=O) groups excluding carboxylic acids is 3. The SMILES string of the molecule is Nc1ccccc1NC(=O)CCCCCNC(=O)c1cccc(/C=C2\C(=O)Nc3ccc(F)cc32)c1. The summed E-state index contributed by atoms with van der Waals surface area (Å²) >= 11 is 0. The van der Waals surface area contributed by atoms with Crippen LogP contribution in [0.4, 0.5) is 21.5 Å². The first-order valence-electron chi connectivity index (χ1n) is 11.8. The average molecular weight is 487 g/mol. The highest BCUT2D eigenvalue weighted by Crippen LogP contribution is 2.33. The molecule has 0 saturated heterocycles. The summed E-state index contributed by atoms with van der Waals surface area (Å²) in [6, 6.07) is 18.1. The monoisotopic (exact) mass is 486 g/mol. The van der Waals surface area contributed by atoms with Crippen LogP contribution < -0.4 is 21.7 Å². The standard InChI is InChI=1S/C28H27FN4O3/c29-20-12-13-24-21(17-20)22(28(36)33-24)16-18-7-6-8-19(15-18)27(35)31-14-5-1-2-11-26(34)32-25-10-4-3-9-23(25)30/h3-4,6-10,12-13,15-17H,1-2,5,11,14,30H2,(H,31,35)(H,32,34)(H,33,36)/b22-16-. The van der Waals surface area contributed by atoms with E-state index < -0.39 is 5.82 Å². The van der Waals surface area contributed by atoms with E-state index in [1.165, 1.54) is 18.2 Å². The van der Waals surface area contributed by atoms with E-state index in [9.17, 15) is 18.8 Å². The minimum Gasteiger partial charge on any atom is -0.397 e. The number of unbranched alkanes of at least 4 members (excludes halogenated alkanes) is 2. The number of benzene rings is 3. The Hall–Kier alpha value is -4.46. The molecule has 3 aromatic rings. The molecule has 184 valence electrons. The van der Waals surface area contributed by atoms with Gasteiger partial charge < -0.3 is 21.7 Å². The summed E-state index contributed by atoms with van der Waals surface area (Å²) in [7, 11) is 0. The Morgan fingerprint density at radius 2 is 1.81 bits per heavy atom. The van der Waals surface area contributed by atoms with E-state index in [1.54, 1.807) is 42.5 Å². The molecular weight excluding hydrogens is 459 g/mol. The van der Waals surface area contributed by atoms with E-state index in [4.69, 9.17) is 5.73 Å². The van der Waals surface area contributed by atoms with Crippen molar-refractivity contribution in [2.24, 2.45) is 0 Å². The Balaban J connectivity index is 1.24. The van der Waals surface area contributed by atoms with Crippen molar-refractivity contribution in [3.63, 3.8) is 0 Å². The van der Waals surface area contributed by atoms with Gasteiger partial charge in [-0.25, -0.2) is 4.39 Å². The fourth-order valence-corrected chi connectivity index (χ4v) is 3.95. The van der Waals surface area contributed by atoms with Gasteiger partial charge in [-0.3, -0.25) is 14.4 Å². The highest BCUT2D eigenvalue weighted by atomic mass is 19.1. The number of nitrogen functional groups attached to an aromatic ring is 1. The maximum Gasteiger partial charge on any atom is 0.256 e. The zero-order valence-electron chi connectivity index (χ0n) is 19.6. The molecule has 0 aromatic heterocycles. The molecule has 1 aliphatic rings. The minimum absolute atomic E-state index is 0.0934. The number of nitrogens with one attached hydrogen (secondary N) is 3. The molecule has 0 bridgehead atoms. The van der Waals surface area contributed by atoms with E-state index in [0.29, 0.717) is 58.7 Å². The molecule has 0 atom stereocenters. The van der Waals surface area contributed by atoms with Gasteiger partial charge in [0.1, 0.15) is 5.82 Å². The summed E-state index contributed by atoms with van der Waals surface area (Å²) in [6.45, 7) is 0.479. The predicted molar refractivity (Wildman–Crippen MR) is 140 cm³/mol. The second-order valence-corrected chi connectivity index (χ2v) is 8.53. The molecule has 0 aliphatic carbocycles. The lowest BCUT2D eigenvalue weighted by molar-refractivity contribution is -0.116. The molecule has 3 aromatic carbocycles. The van der Waals surface area contributed by atoms with Crippen LogP contribution >= 0.6 is 0 Å². The molecule has 0 saturated carbocycles. The second-order valence-electron chi connectivity index (χ2n) is 8.53. The van der Waals surface area contributed by atoms with Crippen molar-refractivity contribution in [1.29, 1.82) is 0 Å². The van der Waals surface area contributed by atoms with Gasteiger partial charge in [-0.05, 0) is 66.9 Å². The molecular formula is C28H27FN4O3. The third-order valence-electron chi connectivity index (χ3n) is 5.83. The average Bonchev–Trinajstić information content (AvgIpc) is 3.17. The lowest BCUT2D eigenvalue weighted by Crippen LogP contribution is -2.24. The van der Waals surface area contributed by atoms with Gasteiger partial charge in [-0.1, -0.05) is 30.7 Å². The Bertz CT molecular complexity index is 1340. The van der Waals surface area contributed by atoms with Crippen LogP contribution in [-0.2, 0) is 9.59 Å². The summed E-state index contributed by atoms with van der Waals surface area (Å²) in [5.74, 6) is -1.06. The number of anilines is 3. The van der Waals surface area contributed by atoms with Crippen LogP contribution in [0.25, 0.3) is 11.6 Å². The van der Waals surface area contributed by atoms with Crippen LogP contribution in [0.1, 0.15) is 47.2 Å². The number of amides is 3. The Labute approximate surface area is 208 Å². The lowest BCUT2D eigenvalue weighted by Gasteiger charge is -2.08. The molecule has 5 N–H and O–H groups in total. The normalized spacial score (nSPS) is 13.2. The quantitative estimate of drug-likeness (QED) is 0.197. The number of hydrogen-bond donors (Lipinski definition) is 4. The van der Waals surface area contributed by atoms with Crippen LogP contribution in [0.3, 0.4) is 0 Å². The number of para-hydroxylation sites is 2. The van der Waals surface area contributed by atoms with E-state index in [1.807, 2.05) is 12.1 Å². The highest BCUT2D eigenvalue weighted by Gasteiger charge is 2.24. The molecule has 0 fully saturated rings. The van der Waals surface area contributed by atoms with Crippen molar-refractivity contribution < 1.29 is 18.8 Å². The van der Waals surface area contributed by atoms with Crippen molar-refractivity contribution in [2.45, 2.75) is 25.7 Å². The van der Waals surface area contributed by atoms with Crippen molar-refractivity contribution >= 4 is 46.4 Å². The van der Waals surface area contributed by atoms with Gasteiger partial charge >= 0.3 is 0 Å². The molecule has 0 radical (unpaired) electrons. The molecule has 3 amide bonds. The maximum atomic E-state index is 13.7. The molecule has 0 unspecified atom stereocenters. The fraction of sp³-hybridized carbons (Fsp3) is 0.179. The van der Waals surface area contributed by atoms with Gasteiger partial charge in [0.05, 0.1) is 11.4 Å². The Morgan fingerprint density at radius 3 is 2.64 bits per heavy atom. The first kappa shape index (κ1) is 24.7. The van der Waals surface area contributed by atoms with Crippen LogP contribution in [0.5, 0.6) is 0 Å². The molecule has 8 heteroatoms. The summed E-state index contributed by atoms with van der Waals surface area (Å²) in [5, 5.41) is 8.40. The molecule has 36 heavy (non-hydrogen) atoms. The van der Waals surface area contributed by atoms with Gasteiger partial charge in [0, 0.05) is 35.4 Å². The van der Waals surface area contributed by atoms with Gasteiger partial charge in [0.25, 0.3) is 11.8 Å². The van der Waals surface area contributed by atoms with Crippen molar-refractivity contribution in [3.8, 4) is 0 Å². The minimum atomic E-state index is -0.425. The zero-order chi connectivity index (χ0) is 25.5. The third-order valence-corrected chi connectivity index (χ3v) is 5.83. The third kappa shape index (κ3) is 6.15. The molecule has 1 aliphatic heterocycles. The smallest absolute Gasteiger partial charge is 0.256 e. The summed E-state index contributed by atoms with van der Waals surface area (Å²) in [6.07, 6.45) is 4.24. The van der Waals surface area contributed by atoms with E-state index in [2.05, 4.69) is 16.0 Å². The number of carbonyl (C=O) groups is 3. The highest BCUT2D eigenvalue weighted by molar-refractivity contribution is 6.34. The maximum absolute atomic E-state index is 13.7. The lowest BCUT2D eigenvalue weighted by atomic mass is 10.0. The van der Waals surface area contributed by atoms with E-state index >= 15 is 0 Å². The van der Waals surface area contributed by atoms with Crippen molar-refractivity contribution in [2.75, 3.05) is 22.9 Å². The van der Waals surface area contributed by atoms with Crippen molar-refractivity contribution in [1.82, 2.24) is 5.32 Å². The van der Waals surface area contributed by atoms with Gasteiger partial charge in [0.2, 0.25) is 5.91 Å². The Morgan fingerprint density at radius 1 is 0.972 bits per heavy atom. The number of fused-ring (bicyclic) bond motifs is 1. The summed E-state index contributed by atoms with van der Waals surface area (Å²) in [5.41, 5.74) is 9.49. The van der Waals surface area contributed by atoms with Gasteiger partial charge in [-0.15, -0.1) is 0 Å². The van der Waals surface area contributed by atoms with Crippen LogP contribution in [-0.4, -0.2) is 24.3 Å². The number of nitrogens with two attached hydrogens (primary N) is 1.